The molecule has 1 aromatic rings. The molecule has 1 aromatic carbocycles. The van der Waals surface area contributed by atoms with E-state index in [4.69, 9.17) is 15.2 Å². The zero-order valence-corrected chi connectivity index (χ0v) is 13.9. The molecular formula is C18H29N3O2. The molecule has 0 aromatic heterocycles. The number of hydrogen-bond donors (Lipinski definition) is 2. The maximum absolute atomic E-state index is 5.81. The summed E-state index contributed by atoms with van der Waals surface area (Å²) in [6.07, 6.45) is 4.87. The molecule has 1 aliphatic carbocycles. The average molecular weight is 319 g/mol. The van der Waals surface area contributed by atoms with Crippen molar-refractivity contribution in [2.24, 2.45) is 16.6 Å². The van der Waals surface area contributed by atoms with Crippen LogP contribution in [0.15, 0.2) is 35.3 Å². The van der Waals surface area contributed by atoms with Crippen LogP contribution in [-0.2, 0) is 16.1 Å². The SMILES string of the molecule is NC(=NCC1CCC1)NCCCOCCOCc1ccccc1. The molecule has 0 spiro atoms. The van der Waals surface area contributed by atoms with E-state index in [0.717, 1.165) is 25.4 Å². The molecule has 5 nitrogen and oxygen atoms in total. The fourth-order valence-corrected chi connectivity index (χ4v) is 2.33. The highest BCUT2D eigenvalue weighted by Gasteiger charge is 2.16. The molecule has 0 bridgehead atoms. The lowest BCUT2D eigenvalue weighted by molar-refractivity contribution is 0.0401. The monoisotopic (exact) mass is 319 g/mol. The van der Waals surface area contributed by atoms with Crippen molar-refractivity contribution in [3.63, 3.8) is 0 Å². The summed E-state index contributed by atoms with van der Waals surface area (Å²) >= 11 is 0. The Kier molecular flexibility index (Phi) is 8.51. The molecule has 2 rings (SSSR count). The van der Waals surface area contributed by atoms with Crippen molar-refractivity contribution in [3.05, 3.63) is 35.9 Å². The zero-order chi connectivity index (χ0) is 16.2. The summed E-state index contributed by atoms with van der Waals surface area (Å²) in [6, 6.07) is 10.2. The third-order valence-corrected chi connectivity index (χ3v) is 4.00. The first-order valence-electron chi connectivity index (χ1n) is 8.58. The molecule has 1 aliphatic rings. The van der Waals surface area contributed by atoms with Crippen LogP contribution in [0.1, 0.15) is 31.2 Å². The molecule has 1 saturated carbocycles. The molecule has 3 N–H and O–H groups in total. The number of benzene rings is 1. The van der Waals surface area contributed by atoms with Crippen LogP contribution < -0.4 is 11.1 Å². The van der Waals surface area contributed by atoms with Crippen LogP contribution in [0.4, 0.5) is 0 Å². The minimum atomic E-state index is 0.558. The van der Waals surface area contributed by atoms with Crippen molar-refractivity contribution in [3.8, 4) is 0 Å². The Morgan fingerprint density at radius 2 is 1.91 bits per heavy atom. The number of hydrogen-bond acceptors (Lipinski definition) is 3. The Labute approximate surface area is 139 Å². The lowest BCUT2D eigenvalue weighted by Gasteiger charge is -2.23. The molecular weight excluding hydrogens is 290 g/mol. The smallest absolute Gasteiger partial charge is 0.188 e. The van der Waals surface area contributed by atoms with Crippen LogP contribution >= 0.6 is 0 Å². The minimum Gasteiger partial charge on any atom is -0.379 e. The van der Waals surface area contributed by atoms with Gasteiger partial charge in [0.2, 0.25) is 0 Å². The van der Waals surface area contributed by atoms with Crippen molar-refractivity contribution >= 4 is 5.96 Å². The van der Waals surface area contributed by atoms with Crippen molar-refractivity contribution in [2.45, 2.75) is 32.3 Å². The molecule has 0 saturated heterocycles. The normalized spacial score (nSPS) is 15.4. The van der Waals surface area contributed by atoms with Gasteiger partial charge < -0.3 is 20.5 Å². The summed E-state index contributed by atoms with van der Waals surface area (Å²) in [5.41, 5.74) is 7.00. The summed E-state index contributed by atoms with van der Waals surface area (Å²) in [6.45, 7) is 4.25. The number of ether oxygens (including phenoxy) is 2. The van der Waals surface area contributed by atoms with E-state index in [1.165, 1.54) is 24.8 Å². The number of rotatable bonds is 11. The van der Waals surface area contributed by atoms with Gasteiger partial charge in [-0.05, 0) is 30.7 Å². The van der Waals surface area contributed by atoms with Gasteiger partial charge in [0.15, 0.2) is 5.96 Å². The van der Waals surface area contributed by atoms with Gasteiger partial charge in [0, 0.05) is 19.7 Å². The van der Waals surface area contributed by atoms with Gasteiger partial charge in [0.25, 0.3) is 0 Å². The number of nitrogens with one attached hydrogen (secondary N) is 1. The van der Waals surface area contributed by atoms with Crippen molar-refractivity contribution in [1.29, 1.82) is 0 Å². The van der Waals surface area contributed by atoms with E-state index in [0.29, 0.717) is 32.4 Å². The van der Waals surface area contributed by atoms with Crippen molar-refractivity contribution in [2.75, 3.05) is 32.9 Å². The maximum atomic E-state index is 5.81. The standard InChI is InChI=1S/C18H29N3O2/c19-18(21-14-16-8-4-9-16)20-10-5-11-22-12-13-23-15-17-6-2-1-3-7-17/h1-3,6-7,16H,4-5,8-15H2,(H3,19,20,21). The van der Waals surface area contributed by atoms with Crippen LogP contribution in [-0.4, -0.2) is 38.9 Å². The fraction of sp³-hybridized carbons (Fsp3) is 0.611. The highest BCUT2D eigenvalue weighted by atomic mass is 16.5. The van der Waals surface area contributed by atoms with E-state index >= 15 is 0 Å². The lowest BCUT2D eigenvalue weighted by Crippen LogP contribution is -2.33. The Bertz CT molecular complexity index is 447. The molecule has 128 valence electrons. The number of nitrogens with two attached hydrogens (primary N) is 1. The van der Waals surface area contributed by atoms with Gasteiger partial charge in [0.1, 0.15) is 0 Å². The third kappa shape index (κ3) is 8.00. The molecule has 0 atom stereocenters. The van der Waals surface area contributed by atoms with Crippen LogP contribution in [0.5, 0.6) is 0 Å². The van der Waals surface area contributed by atoms with Gasteiger partial charge in [-0.25, -0.2) is 0 Å². The summed E-state index contributed by atoms with van der Waals surface area (Å²) in [5.74, 6) is 1.32. The van der Waals surface area contributed by atoms with Gasteiger partial charge in [-0.15, -0.1) is 0 Å². The van der Waals surface area contributed by atoms with E-state index in [1.54, 1.807) is 0 Å². The Morgan fingerprint density at radius 1 is 1.13 bits per heavy atom. The second-order valence-corrected chi connectivity index (χ2v) is 5.95. The first-order chi connectivity index (χ1) is 11.3. The summed E-state index contributed by atoms with van der Waals surface area (Å²) in [5, 5.41) is 3.13. The zero-order valence-electron chi connectivity index (χ0n) is 13.9. The highest BCUT2D eigenvalue weighted by Crippen LogP contribution is 2.26. The Hall–Kier alpha value is -1.59. The first kappa shape index (κ1) is 17.8. The Balaban J connectivity index is 1.36. The largest absolute Gasteiger partial charge is 0.379 e. The Morgan fingerprint density at radius 3 is 2.65 bits per heavy atom. The summed E-state index contributed by atoms with van der Waals surface area (Å²) in [4.78, 5) is 4.36. The molecule has 0 aliphatic heterocycles. The van der Waals surface area contributed by atoms with Gasteiger partial charge in [0.05, 0.1) is 19.8 Å². The maximum Gasteiger partial charge on any atom is 0.188 e. The summed E-state index contributed by atoms with van der Waals surface area (Å²) < 4.78 is 11.1. The van der Waals surface area contributed by atoms with Crippen LogP contribution in [0.3, 0.4) is 0 Å². The summed E-state index contributed by atoms with van der Waals surface area (Å²) in [7, 11) is 0. The molecule has 0 amide bonds. The fourth-order valence-electron chi connectivity index (χ4n) is 2.33. The molecule has 0 radical (unpaired) electrons. The lowest BCUT2D eigenvalue weighted by atomic mass is 9.86. The number of aliphatic imine (C=N–C) groups is 1. The van der Waals surface area contributed by atoms with Gasteiger partial charge >= 0.3 is 0 Å². The van der Waals surface area contributed by atoms with Gasteiger partial charge in [-0.3, -0.25) is 4.99 Å². The first-order valence-corrected chi connectivity index (χ1v) is 8.58. The number of guanidine groups is 1. The van der Waals surface area contributed by atoms with E-state index in [9.17, 15) is 0 Å². The van der Waals surface area contributed by atoms with Gasteiger partial charge in [-0.2, -0.15) is 0 Å². The highest BCUT2D eigenvalue weighted by molar-refractivity contribution is 5.77. The van der Waals surface area contributed by atoms with Crippen molar-refractivity contribution < 1.29 is 9.47 Å². The van der Waals surface area contributed by atoms with E-state index in [2.05, 4.69) is 22.4 Å². The molecule has 0 unspecified atom stereocenters. The molecule has 5 heteroatoms. The molecule has 1 fully saturated rings. The predicted molar refractivity (Wildman–Crippen MR) is 93.4 cm³/mol. The minimum absolute atomic E-state index is 0.558. The average Bonchev–Trinajstić information content (AvgIpc) is 2.53. The van der Waals surface area contributed by atoms with E-state index in [1.807, 2.05) is 18.2 Å². The number of nitrogens with zero attached hydrogens (tertiary/aromatic N) is 1. The van der Waals surface area contributed by atoms with Crippen LogP contribution in [0.25, 0.3) is 0 Å². The molecule has 23 heavy (non-hydrogen) atoms. The molecule has 0 heterocycles. The van der Waals surface area contributed by atoms with Crippen LogP contribution in [0, 0.1) is 5.92 Å². The van der Waals surface area contributed by atoms with E-state index < -0.39 is 0 Å². The van der Waals surface area contributed by atoms with E-state index in [-0.39, 0.29) is 0 Å². The second kappa shape index (κ2) is 11.0. The van der Waals surface area contributed by atoms with Crippen molar-refractivity contribution in [1.82, 2.24) is 5.32 Å². The van der Waals surface area contributed by atoms with Crippen LogP contribution in [0.2, 0.25) is 0 Å². The predicted octanol–water partition coefficient (Wildman–Crippen LogP) is 2.31. The van der Waals surface area contributed by atoms with Gasteiger partial charge in [-0.1, -0.05) is 36.8 Å². The third-order valence-electron chi connectivity index (χ3n) is 4.00. The quantitative estimate of drug-likeness (QED) is 0.373. The topological polar surface area (TPSA) is 68.9 Å². The second-order valence-electron chi connectivity index (χ2n) is 5.95.